The summed E-state index contributed by atoms with van der Waals surface area (Å²) >= 11 is 0. The Balaban J connectivity index is 1.80. The molecule has 2 atom stereocenters. The van der Waals surface area contributed by atoms with E-state index in [0.29, 0.717) is 37.6 Å². The molecule has 2 aliphatic rings. The maximum Gasteiger partial charge on any atom is 0.338 e. The summed E-state index contributed by atoms with van der Waals surface area (Å²) in [5, 5.41) is 10.4. The van der Waals surface area contributed by atoms with Crippen LogP contribution >= 0.6 is 0 Å². The van der Waals surface area contributed by atoms with Gasteiger partial charge in [-0.2, -0.15) is 0 Å². The normalized spacial score (nSPS) is 21.1. The van der Waals surface area contributed by atoms with Crippen LogP contribution in [0.5, 0.6) is 0 Å². The van der Waals surface area contributed by atoms with E-state index >= 15 is 0 Å². The van der Waals surface area contributed by atoms with Gasteiger partial charge in [0.2, 0.25) is 0 Å². The topological polar surface area (TPSA) is 106 Å². The number of aliphatic hydroxyl groups excluding tert-OH is 1. The molecule has 0 unspecified atom stereocenters. The number of ether oxygens (including phenoxy) is 3. The fraction of sp³-hybridized carbons (Fsp3) is 0.591. The Kier molecular flexibility index (Phi) is 6.98. The summed E-state index contributed by atoms with van der Waals surface area (Å²) in [5.74, 6) is -1.60. The number of morpholine rings is 2. The van der Waals surface area contributed by atoms with E-state index in [2.05, 4.69) is 0 Å². The molecule has 2 saturated heterocycles. The number of benzene rings is 1. The average molecular weight is 434 g/mol. The maximum atomic E-state index is 13.1. The fourth-order valence-corrected chi connectivity index (χ4v) is 3.54. The molecule has 0 aliphatic carbocycles. The van der Waals surface area contributed by atoms with Gasteiger partial charge in [-0.15, -0.1) is 0 Å². The standard InChI is InChI=1S/C22H30N2O7/c1-14-5-6-15(19(26)23-7-10-29-11-8-23)13-16(14)24-9-12-30-18(20(24)27)17(25)21(28)31-22(2,3)4/h5-6,13,17-18,25H,7-12H2,1-4H3/t17-,18-/m1/s1. The molecule has 2 aliphatic heterocycles. The lowest BCUT2D eigenvalue weighted by atomic mass is 10.0. The van der Waals surface area contributed by atoms with E-state index in [4.69, 9.17) is 14.2 Å². The van der Waals surface area contributed by atoms with E-state index in [1.807, 2.05) is 6.92 Å². The Labute approximate surface area is 181 Å². The van der Waals surface area contributed by atoms with Crippen molar-refractivity contribution in [3.8, 4) is 0 Å². The Hall–Kier alpha value is -2.49. The van der Waals surface area contributed by atoms with Gasteiger partial charge in [-0.05, 0) is 45.4 Å². The molecule has 0 radical (unpaired) electrons. The number of esters is 1. The zero-order valence-electron chi connectivity index (χ0n) is 18.4. The van der Waals surface area contributed by atoms with E-state index in [1.165, 1.54) is 4.90 Å². The first kappa shape index (κ1) is 23.2. The predicted octanol–water partition coefficient (Wildman–Crippen LogP) is 0.902. The van der Waals surface area contributed by atoms with Crippen molar-refractivity contribution in [2.45, 2.75) is 45.5 Å². The summed E-state index contributed by atoms with van der Waals surface area (Å²) in [4.78, 5) is 41.4. The Bertz CT molecular complexity index is 843. The minimum atomic E-state index is -1.74. The highest BCUT2D eigenvalue weighted by Gasteiger charge is 2.41. The Morgan fingerprint density at radius 3 is 2.48 bits per heavy atom. The van der Waals surface area contributed by atoms with Gasteiger partial charge in [0.15, 0.2) is 12.2 Å². The largest absolute Gasteiger partial charge is 0.458 e. The fourth-order valence-electron chi connectivity index (χ4n) is 3.54. The van der Waals surface area contributed by atoms with Crippen molar-refractivity contribution in [3.63, 3.8) is 0 Å². The second-order valence-electron chi connectivity index (χ2n) is 8.67. The van der Waals surface area contributed by atoms with Gasteiger partial charge in [-0.3, -0.25) is 9.59 Å². The number of anilines is 1. The molecular formula is C22H30N2O7. The van der Waals surface area contributed by atoms with E-state index in [0.717, 1.165) is 5.56 Å². The third-order valence-corrected chi connectivity index (χ3v) is 5.10. The first-order valence-electron chi connectivity index (χ1n) is 10.4. The molecule has 31 heavy (non-hydrogen) atoms. The molecule has 2 fully saturated rings. The zero-order chi connectivity index (χ0) is 22.8. The van der Waals surface area contributed by atoms with Crippen LogP contribution in [0.3, 0.4) is 0 Å². The van der Waals surface area contributed by atoms with Gasteiger partial charge < -0.3 is 29.1 Å². The van der Waals surface area contributed by atoms with Crippen LogP contribution in [0.4, 0.5) is 5.69 Å². The lowest BCUT2D eigenvalue weighted by Gasteiger charge is -2.35. The SMILES string of the molecule is Cc1ccc(C(=O)N2CCOCC2)cc1N1CCO[C@H]([C@@H](O)C(=O)OC(C)(C)C)C1=O. The van der Waals surface area contributed by atoms with E-state index in [-0.39, 0.29) is 19.1 Å². The van der Waals surface area contributed by atoms with Crippen molar-refractivity contribution in [3.05, 3.63) is 29.3 Å². The summed E-state index contributed by atoms with van der Waals surface area (Å²) in [6, 6.07) is 5.19. The van der Waals surface area contributed by atoms with Gasteiger partial charge in [0.25, 0.3) is 11.8 Å². The minimum absolute atomic E-state index is 0.129. The molecule has 0 aromatic heterocycles. The molecule has 1 aromatic carbocycles. The van der Waals surface area contributed by atoms with Crippen LogP contribution in [0.1, 0.15) is 36.7 Å². The van der Waals surface area contributed by atoms with E-state index in [1.54, 1.807) is 43.9 Å². The number of hydrogen-bond donors (Lipinski definition) is 1. The molecule has 0 bridgehead atoms. The van der Waals surface area contributed by atoms with Gasteiger partial charge in [0.1, 0.15) is 5.60 Å². The molecular weight excluding hydrogens is 404 g/mol. The molecule has 3 rings (SSSR count). The summed E-state index contributed by atoms with van der Waals surface area (Å²) < 4.78 is 15.9. The molecule has 2 heterocycles. The molecule has 9 nitrogen and oxygen atoms in total. The van der Waals surface area contributed by atoms with Crippen LogP contribution in [0, 0.1) is 6.92 Å². The average Bonchev–Trinajstić information content (AvgIpc) is 2.73. The number of amides is 2. The number of rotatable bonds is 4. The van der Waals surface area contributed by atoms with Crippen molar-refractivity contribution in [1.82, 2.24) is 4.90 Å². The molecule has 0 spiro atoms. The zero-order valence-corrected chi connectivity index (χ0v) is 18.4. The molecule has 0 saturated carbocycles. The number of nitrogens with zero attached hydrogens (tertiary/aromatic N) is 2. The number of carbonyl (C=O) groups is 3. The summed E-state index contributed by atoms with van der Waals surface area (Å²) in [6.07, 6.45) is -3.12. The Morgan fingerprint density at radius 1 is 1.16 bits per heavy atom. The van der Waals surface area contributed by atoms with Crippen molar-refractivity contribution in [2.24, 2.45) is 0 Å². The van der Waals surface area contributed by atoms with Gasteiger partial charge >= 0.3 is 5.97 Å². The highest BCUT2D eigenvalue weighted by molar-refractivity contribution is 6.02. The second kappa shape index (κ2) is 9.33. The van der Waals surface area contributed by atoms with Crippen molar-refractivity contribution < 1.29 is 33.7 Å². The highest BCUT2D eigenvalue weighted by Crippen LogP contribution is 2.27. The van der Waals surface area contributed by atoms with Crippen molar-refractivity contribution in [1.29, 1.82) is 0 Å². The van der Waals surface area contributed by atoms with Gasteiger partial charge in [-0.25, -0.2) is 4.79 Å². The highest BCUT2D eigenvalue weighted by atomic mass is 16.6. The van der Waals surface area contributed by atoms with Crippen LogP contribution in [-0.4, -0.2) is 85.1 Å². The summed E-state index contributed by atoms with van der Waals surface area (Å²) in [6.45, 7) is 9.26. The molecule has 1 N–H and O–H groups in total. The first-order chi connectivity index (χ1) is 14.6. The van der Waals surface area contributed by atoms with Crippen LogP contribution < -0.4 is 4.90 Å². The van der Waals surface area contributed by atoms with Crippen LogP contribution in [0.25, 0.3) is 0 Å². The third kappa shape index (κ3) is 5.41. The van der Waals surface area contributed by atoms with Gasteiger partial charge in [0.05, 0.1) is 19.8 Å². The molecule has 1 aromatic rings. The van der Waals surface area contributed by atoms with E-state index < -0.39 is 29.7 Å². The predicted molar refractivity (Wildman–Crippen MR) is 112 cm³/mol. The van der Waals surface area contributed by atoms with Gasteiger partial charge in [-0.1, -0.05) is 6.07 Å². The first-order valence-corrected chi connectivity index (χ1v) is 10.4. The quantitative estimate of drug-likeness (QED) is 0.702. The molecule has 2 amide bonds. The number of aliphatic hydroxyl groups is 1. The smallest absolute Gasteiger partial charge is 0.338 e. The third-order valence-electron chi connectivity index (χ3n) is 5.10. The van der Waals surface area contributed by atoms with Crippen molar-refractivity contribution >= 4 is 23.5 Å². The second-order valence-corrected chi connectivity index (χ2v) is 8.67. The van der Waals surface area contributed by atoms with E-state index in [9.17, 15) is 19.5 Å². The van der Waals surface area contributed by atoms with Crippen LogP contribution in [-0.2, 0) is 23.8 Å². The maximum absolute atomic E-state index is 13.1. The summed E-state index contributed by atoms with van der Waals surface area (Å²) in [5.41, 5.74) is 0.999. The summed E-state index contributed by atoms with van der Waals surface area (Å²) in [7, 11) is 0. The lowest BCUT2D eigenvalue weighted by molar-refractivity contribution is -0.177. The lowest BCUT2D eigenvalue weighted by Crippen LogP contribution is -2.55. The number of hydrogen-bond acceptors (Lipinski definition) is 7. The number of aryl methyl sites for hydroxylation is 1. The Morgan fingerprint density at radius 2 is 1.84 bits per heavy atom. The number of carbonyl (C=O) groups excluding carboxylic acids is 3. The van der Waals surface area contributed by atoms with Crippen LogP contribution in [0.2, 0.25) is 0 Å². The molecule has 170 valence electrons. The molecule has 9 heteroatoms. The van der Waals surface area contributed by atoms with Crippen LogP contribution in [0.15, 0.2) is 18.2 Å². The minimum Gasteiger partial charge on any atom is -0.458 e. The van der Waals surface area contributed by atoms with Gasteiger partial charge in [0, 0.05) is 30.9 Å². The van der Waals surface area contributed by atoms with Crippen molar-refractivity contribution in [2.75, 3.05) is 44.4 Å². The monoisotopic (exact) mass is 434 g/mol.